The molecule has 3 amide bonds. The molecular weight excluding hydrogens is 428 g/mol. The minimum absolute atomic E-state index is 0.0297. The van der Waals surface area contributed by atoms with Crippen molar-refractivity contribution >= 4 is 40.8 Å². The van der Waals surface area contributed by atoms with Gasteiger partial charge in [-0.25, -0.2) is 4.98 Å². The standard InChI is InChI=1S/C24H27ClN4O3/c25-18-11-12-21(26-15-18)28-23(31)19-5-1-2-6-20(19)27-22(30)16-7-9-17(10-8-16)24(32)29-13-3-4-14-29/h1-2,5-6,11-12,15-17H,3-4,7-10,13-14H2,(H,27,30)(H,26,28,31). The topological polar surface area (TPSA) is 91.4 Å². The number of amides is 3. The molecule has 0 bridgehead atoms. The van der Waals surface area contributed by atoms with Gasteiger partial charge < -0.3 is 15.5 Å². The lowest BCUT2D eigenvalue weighted by atomic mass is 9.81. The molecule has 0 spiro atoms. The Kier molecular flexibility index (Phi) is 7.05. The molecule has 2 heterocycles. The number of likely N-dealkylation sites (tertiary alicyclic amines) is 1. The first-order valence-corrected chi connectivity index (χ1v) is 11.5. The molecule has 1 saturated heterocycles. The van der Waals surface area contributed by atoms with E-state index in [0.29, 0.717) is 34.9 Å². The predicted molar refractivity (Wildman–Crippen MR) is 124 cm³/mol. The minimum Gasteiger partial charge on any atom is -0.342 e. The second kappa shape index (κ2) is 10.1. The van der Waals surface area contributed by atoms with Crippen LogP contribution in [-0.2, 0) is 9.59 Å². The van der Waals surface area contributed by atoms with E-state index in [4.69, 9.17) is 11.6 Å². The van der Waals surface area contributed by atoms with Crippen LogP contribution in [0, 0.1) is 11.8 Å². The molecular formula is C24H27ClN4O3. The smallest absolute Gasteiger partial charge is 0.258 e. The number of benzene rings is 1. The molecule has 4 rings (SSSR count). The Morgan fingerprint density at radius 2 is 1.59 bits per heavy atom. The summed E-state index contributed by atoms with van der Waals surface area (Å²) in [5.41, 5.74) is 0.815. The molecule has 1 aromatic heterocycles. The highest BCUT2D eigenvalue weighted by molar-refractivity contribution is 6.30. The van der Waals surface area contributed by atoms with Crippen LogP contribution in [0.1, 0.15) is 48.9 Å². The van der Waals surface area contributed by atoms with Crippen LogP contribution in [0.3, 0.4) is 0 Å². The van der Waals surface area contributed by atoms with Gasteiger partial charge >= 0.3 is 0 Å². The summed E-state index contributed by atoms with van der Waals surface area (Å²) in [5, 5.41) is 6.12. The van der Waals surface area contributed by atoms with Gasteiger partial charge in [0.05, 0.1) is 16.3 Å². The molecule has 8 heteroatoms. The van der Waals surface area contributed by atoms with Crippen LogP contribution < -0.4 is 10.6 Å². The maximum absolute atomic E-state index is 12.9. The molecule has 7 nitrogen and oxygen atoms in total. The highest BCUT2D eigenvalue weighted by Crippen LogP contribution is 2.32. The van der Waals surface area contributed by atoms with Gasteiger partial charge in [0.1, 0.15) is 5.82 Å². The Hall–Kier alpha value is -2.93. The average molecular weight is 455 g/mol. The number of aromatic nitrogens is 1. The van der Waals surface area contributed by atoms with Crippen LogP contribution in [0.25, 0.3) is 0 Å². The fourth-order valence-electron chi connectivity index (χ4n) is 4.46. The molecule has 2 aliphatic rings. The number of pyridine rings is 1. The number of anilines is 2. The van der Waals surface area contributed by atoms with Gasteiger partial charge in [-0.2, -0.15) is 0 Å². The number of halogens is 1. The SMILES string of the molecule is O=C(Nc1ccc(Cl)cn1)c1ccccc1NC(=O)C1CCC(C(=O)N2CCCC2)CC1. The van der Waals surface area contributed by atoms with Gasteiger partial charge in [0.2, 0.25) is 11.8 Å². The fourth-order valence-corrected chi connectivity index (χ4v) is 4.57. The Morgan fingerprint density at radius 3 is 2.28 bits per heavy atom. The number of hydrogen-bond donors (Lipinski definition) is 2. The normalized spacial score (nSPS) is 20.6. The summed E-state index contributed by atoms with van der Waals surface area (Å²) in [7, 11) is 0. The van der Waals surface area contributed by atoms with Crippen molar-refractivity contribution in [3.8, 4) is 0 Å². The third kappa shape index (κ3) is 5.27. The first-order valence-electron chi connectivity index (χ1n) is 11.1. The second-order valence-corrected chi connectivity index (χ2v) is 8.87. The Morgan fingerprint density at radius 1 is 0.906 bits per heavy atom. The number of carbonyl (C=O) groups is 3. The van der Waals surface area contributed by atoms with E-state index in [1.54, 1.807) is 36.4 Å². The predicted octanol–water partition coefficient (Wildman–Crippen LogP) is 4.35. The summed E-state index contributed by atoms with van der Waals surface area (Å²) in [4.78, 5) is 44.3. The van der Waals surface area contributed by atoms with Gasteiger partial charge in [-0.3, -0.25) is 14.4 Å². The fraction of sp³-hybridized carbons (Fsp3) is 0.417. The number of para-hydroxylation sites is 1. The van der Waals surface area contributed by atoms with Crippen LogP contribution in [0.2, 0.25) is 5.02 Å². The Balaban J connectivity index is 1.35. The monoisotopic (exact) mass is 454 g/mol. The van der Waals surface area contributed by atoms with Crippen LogP contribution >= 0.6 is 11.6 Å². The quantitative estimate of drug-likeness (QED) is 0.702. The lowest BCUT2D eigenvalue weighted by Crippen LogP contribution is -2.37. The van der Waals surface area contributed by atoms with Gasteiger partial charge in [-0.05, 0) is 62.8 Å². The van der Waals surface area contributed by atoms with Crippen molar-refractivity contribution in [2.75, 3.05) is 23.7 Å². The van der Waals surface area contributed by atoms with Crippen molar-refractivity contribution in [3.63, 3.8) is 0 Å². The van der Waals surface area contributed by atoms with E-state index in [9.17, 15) is 14.4 Å². The zero-order valence-electron chi connectivity index (χ0n) is 17.9. The largest absolute Gasteiger partial charge is 0.342 e. The summed E-state index contributed by atoms with van der Waals surface area (Å²) in [6.45, 7) is 1.73. The van der Waals surface area contributed by atoms with E-state index < -0.39 is 0 Å². The van der Waals surface area contributed by atoms with Crippen molar-refractivity contribution in [2.45, 2.75) is 38.5 Å². The molecule has 1 aliphatic carbocycles. The van der Waals surface area contributed by atoms with E-state index >= 15 is 0 Å². The minimum atomic E-state index is -0.365. The van der Waals surface area contributed by atoms with Crippen LogP contribution in [-0.4, -0.2) is 40.7 Å². The highest BCUT2D eigenvalue weighted by atomic mass is 35.5. The molecule has 0 atom stereocenters. The van der Waals surface area contributed by atoms with Gasteiger partial charge in [0, 0.05) is 31.1 Å². The highest BCUT2D eigenvalue weighted by Gasteiger charge is 2.33. The van der Waals surface area contributed by atoms with E-state index in [1.165, 1.54) is 6.20 Å². The van der Waals surface area contributed by atoms with Gasteiger partial charge in [0.25, 0.3) is 5.91 Å². The Bertz CT molecular complexity index is 981. The average Bonchev–Trinajstić information content (AvgIpc) is 3.35. The van der Waals surface area contributed by atoms with E-state index in [0.717, 1.165) is 38.8 Å². The molecule has 2 aromatic rings. The van der Waals surface area contributed by atoms with E-state index in [-0.39, 0.29) is 29.6 Å². The number of hydrogen-bond acceptors (Lipinski definition) is 4. The maximum atomic E-state index is 12.9. The van der Waals surface area contributed by atoms with E-state index in [1.807, 2.05) is 4.90 Å². The van der Waals surface area contributed by atoms with Crippen LogP contribution in [0.15, 0.2) is 42.6 Å². The molecule has 2 N–H and O–H groups in total. The molecule has 168 valence electrons. The van der Waals surface area contributed by atoms with Gasteiger partial charge in [-0.15, -0.1) is 0 Å². The Labute approximate surface area is 192 Å². The van der Waals surface area contributed by atoms with Gasteiger partial charge in [-0.1, -0.05) is 23.7 Å². The second-order valence-electron chi connectivity index (χ2n) is 8.43. The van der Waals surface area contributed by atoms with E-state index in [2.05, 4.69) is 15.6 Å². The van der Waals surface area contributed by atoms with Crippen molar-refractivity contribution in [1.29, 1.82) is 0 Å². The van der Waals surface area contributed by atoms with Crippen molar-refractivity contribution in [1.82, 2.24) is 9.88 Å². The molecule has 0 radical (unpaired) electrons. The molecule has 2 fully saturated rings. The first-order chi connectivity index (χ1) is 15.5. The summed E-state index contributed by atoms with van der Waals surface area (Å²) in [6.07, 6.45) is 6.46. The zero-order valence-corrected chi connectivity index (χ0v) is 18.6. The van der Waals surface area contributed by atoms with Crippen LogP contribution in [0.5, 0.6) is 0 Å². The maximum Gasteiger partial charge on any atom is 0.258 e. The number of nitrogens with zero attached hydrogens (tertiary/aromatic N) is 2. The van der Waals surface area contributed by atoms with Crippen molar-refractivity contribution in [2.24, 2.45) is 11.8 Å². The molecule has 1 aliphatic heterocycles. The summed E-state index contributed by atoms with van der Waals surface area (Å²) < 4.78 is 0. The number of nitrogens with one attached hydrogen (secondary N) is 2. The molecule has 0 unspecified atom stereocenters. The number of carbonyl (C=O) groups excluding carboxylic acids is 3. The number of rotatable bonds is 5. The van der Waals surface area contributed by atoms with Crippen LogP contribution in [0.4, 0.5) is 11.5 Å². The lowest BCUT2D eigenvalue weighted by Gasteiger charge is -2.30. The summed E-state index contributed by atoms with van der Waals surface area (Å²) in [5.74, 6) is 0.0204. The lowest BCUT2D eigenvalue weighted by molar-refractivity contribution is -0.136. The summed E-state index contributed by atoms with van der Waals surface area (Å²) >= 11 is 5.84. The molecule has 1 saturated carbocycles. The van der Waals surface area contributed by atoms with Crippen molar-refractivity contribution < 1.29 is 14.4 Å². The van der Waals surface area contributed by atoms with Gasteiger partial charge in [0.15, 0.2) is 0 Å². The molecule has 32 heavy (non-hydrogen) atoms. The first kappa shape index (κ1) is 22.3. The molecule has 1 aromatic carbocycles. The zero-order chi connectivity index (χ0) is 22.5. The summed E-state index contributed by atoms with van der Waals surface area (Å²) in [6, 6.07) is 10.1. The third-order valence-corrected chi connectivity index (χ3v) is 6.49. The van der Waals surface area contributed by atoms with Crippen molar-refractivity contribution in [3.05, 3.63) is 53.2 Å². The third-order valence-electron chi connectivity index (χ3n) is 6.26.